The van der Waals surface area contributed by atoms with Crippen LogP contribution in [0.15, 0.2) is 24.3 Å². The van der Waals surface area contributed by atoms with E-state index in [9.17, 15) is 9.59 Å². The van der Waals surface area contributed by atoms with Gasteiger partial charge in [0, 0.05) is 37.5 Å². The van der Waals surface area contributed by atoms with Gasteiger partial charge >= 0.3 is 0 Å². The predicted octanol–water partition coefficient (Wildman–Crippen LogP) is 2.40. The number of hydrogen-bond donors (Lipinski definition) is 1. The quantitative estimate of drug-likeness (QED) is 0.877. The zero-order valence-electron chi connectivity index (χ0n) is 12.1. The third-order valence-electron chi connectivity index (χ3n) is 3.67. The molecule has 1 aromatic carbocycles. The highest BCUT2D eigenvalue weighted by Crippen LogP contribution is 2.11. The fourth-order valence-electron chi connectivity index (χ4n) is 2.43. The largest absolute Gasteiger partial charge is 0.356 e. The topological polar surface area (TPSA) is 49.4 Å². The Morgan fingerprint density at radius 2 is 1.76 bits per heavy atom. The Kier molecular flexibility index (Phi) is 6.05. The molecule has 0 unspecified atom stereocenters. The Hall–Kier alpha value is -1.55. The van der Waals surface area contributed by atoms with Gasteiger partial charge in [0.15, 0.2) is 0 Å². The van der Waals surface area contributed by atoms with Crippen molar-refractivity contribution < 1.29 is 9.59 Å². The van der Waals surface area contributed by atoms with Gasteiger partial charge in [-0.3, -0.25) is 9.59 Å². The average Bonchev–Trinajstić information content (AvgIpc) is 3.01. The molecule has 1 saturated heterocycles. The van der Waals surface area contributed by atoms with Crippen molar-refractivity contribution in [1.82, 2.24) is 10.2 Å². The third-order valence-corrected chi connectivity index (χ3v) is 3.93. The Bertz CT molecular complexity index is 482. The molecule has 1 aliphatic rings. The number of benzene rings is 1. The molecule has 0 saturated carbocycles. The van der Waals surface area contributed by atoms with Crippen molar-refractivity contribution in [3.63, 3.8) is 0 Å². The van der Waals surface area contributed by atoms with Gasteiger partial charge in [-0.15, -0.1) is 0 Å². The van der Waals surface area contributed by atoms with Crippen molar-refractivity contribution >= 4 is 23.4 Å². The molecule has 1 aliphatic heterocycles. The van der Waals surface area contributed by atoms with Crippen LogP contribution >= 0.6 is 11.6 Å². The normalized spacial score (nSPS) is 14.2. The predicted molar refractivity (Wildman–Crippen MR) is 83.2 cm³/mol. The molecule has 21 heavy (non-hydrogen) atoms. The van der Waals surface area contributed by atoms with Gasteiger partial charge in [0.1, 0.15) is 0 Å². The van der Waals surface area contributed by atoms with Gasteiger partial charge in [-0.25, -0.2) is 0 Å². The van der Waals surface area contributed by atoms with Crippen molar-refractivity contribution in [1.29, 1.82) is 0 Å². The molecule has 2 rings (SSSR count). The summed E-state index contributed by atoms with van der Waals surface area (Å²) in [7, 11) is 0. The van der Waals surface area contributed by atoms with E-state index in [-0.39, 0.29) is 11.8 Å². The van der Waals surface area contributed by atoms with E-state index in [4.69, 9.17) is 11.6 Å². The van der Waals surface area contributed by atoms with Gasteiger partial charge in [-0.2, -0.15) is 0 Å². The molecule has 0 aliphatic carbocycles. The number of nitrogens with zero attached hydrogens (tertiary/aromatic N) is 1. The van der Waals surface area contributed by atoms with Crippen LogP contribution in [0.25, 0.3) is 0 Å². The Morgan fingerprint density at radius 3 is 2.43 bits per heavy atom. The van der Waals surface area contributed by atoms with Crippen LogP contribution in [0.1, 0.15) is 31.2 Å². The van der Waals surface area contributed by atoms with E-state index in [1.807, 2.05) is 29.2 Å². The van der Waals surface area contributed by atoms with Crippen molar-refractivity contribution in [3.05, 3.63) is 34.9 Å². The van der Waals surface area contributed by atoms with Gasteiger partial charge in [-0.1, -0.05) is 23.7 Å². The van der Waals surface area contributed by atoms with E-state index in [1.165, 1.54) is 0 Å². The molecule has 114 valence electrons. The van der Waals surface area contributed by atoms with Gasteiger partial charge in [0.25, 0.3) is 0 Å². The first-order valence-electron chi connectivity index (χ1n) is 7.44. The molecule has 0 bridgehead atoms. The number of nitrogens with one attached hydrogen (secondary N) is 1. The smallest absolute Gasteiger partial charge is 0.224 e. The molecule has 5 heteroatoms. The van der Waals surface area contributed by atoms with Crippen LogP contribution in [0, 0.1) is 0 Å². The van der Waals surface area contributed by atoms with Gasteiger partial charge in [-0.05, 0) is 37.0 Å². The Balaban J connectivity index is 1.61. The maximum Gasteiger partial charge on any atom is 0.224 e. The number of likely N-dealkylation sites (tertiary alicyclic amines) is 1. The summed E-state index contributed by atoms with van der Waals surface area (Å²) >= 11 is 5.81. The summed E-state index contributed by atoms with van der Waals surface area (Å²) in [6.07, 6.45) is 3.70. The number of halogens is 1. The van der Waals surface area contributed by atoms with Gasteiger partial charge < -0.3 is 10.2 Å². The highest BCUT2D eigenvalue weighted by atomic mass is 35.5. The van der Waals surface area contributed by atoms with Crippen molar-refractivity contribution in [2.24, 2.45) is 0 Å². The number of aryl methyl sites for hydroxylation is 1. The van der Waals surface area contributed by atoms with Gasteiger partial charge in [0.2, 0.25) is 11.8 Å². The first kappa shape index (κ1) is 15.8. The molecule has 0 spiro atoms. The molecule has 1 fully saturated rings. The summed E-state index contributed by atoms with van der Waals surface area (Å²) in [5, 5.41) is 3.50. The lowest BCUT2D eigenvalue weighted by Gasteiger charge is -2.15. The van der Waals surface area contributed by atoms with E-state index in [2.05, 4.69) is 5.32 Å². The monoisotopic (exact) mass is 308 g/mol. The number of amides is 2. The van der Waals surface area contributed by atoms with Crippen LogP contribution in [-0.4, -0.2) is 36.3 Å². The molecule has 0 atom stereocenters. The molecule has 0 aromatic heterocycles. The minimum atomic E-state index is -0.0147. The summed E-state index contributed by atoms with van der Waals surface area (Å²) in [5.41, 5.74) is 1.09. The maximum atomic E-state index is 11.8. The van der Waals surface area contributed by atoms with Crippen LogP contribution in [0.3, 0.4) is 0 Å². The molecule has 1 N–H and O–H groups in total. The van der Waals surface area contributed by atoms with Crippen LogP contribution in [0.4, 0.5) is 0 Å². The zero-order chi connectivity index (χ0) is 15.1. The van der Waals surface area contributed by atoms with E-state index >= 15 is 0 Å². The lowest BCUT2D eigenvalue weighted by Crippen LogP contribution is -2.32. The first-order valence-corrected chi connectivity index (χ1v) is 7.82. The Morgan fingerprint density at radius 1 is 1.10 bits per heavy atom. The second-order valence-corrected chi connectivity index (χ2v) is 5.75. The van der Waals surface area contributed by atoms with Crippen LogP contribution in [0.5, 0.6) is 0 Å². The highest BCUT2D eigenvalue weighted by Gasteiger charge is 2.17. The molecule has 4 nitrogen and oxygen atoms in total. The first-order chi connectivity index (χ1) is 10.1. The van der Waals surface area contributed by atoms with E-state index in [0.717, 1.165) is 31.5 Å². The molecule has 1 aromatic rings. The van der Waals surface area contributed by atoms with E-state index < -0.39 is 0 Å². The maximum absolute atomic E-state index is 11.8. The SMILES string of the molecule is O=C(CCc1ccc(Cl)cc1)NCCC(=O)N1CCCC1. The van der Waals surface area contributed by atoms with Gasteiger partial charge in [0.05, 0.1) is 0 Å². The fraction of sp³-hybridized carbons (Fsp3) is 0.500. The second-order valence-electron chi connectivity index (χ2n) is 5.31. The number of carbonyl (C=O) groups excluding carboxylic acids is 2. The number of carbonyl (C=O) groups is 2. The molecule has 2 amide bonds. The number of rotatable bonds is 6. The van der Waals surface area contributed by atoms with Crippen LogP contribution in [0.2, 0.25) is 5.02 Å². The summed E-state index contributed by atoms with van der Waals surface area (Å²) in [6.45, 7) is 2.15. The van der Waals surface area contributed by atoms with Crippen molar-refractivity contribution in [2.45, 2.75) is 32.1 Å². The standard InChI is InChI=1S/C16H21ClN2O2/c17-14-6-3-13(4-7-14)5-8-15(20)18-10-9-16(21)19-11-1-2-12-19/h3-4,6-7H,1-2,5,8-12H2,(H,18,20). The third kappa shape index (κ3) is 5.38. The average molecular weight is 309 g/mol. The van der Waals surface area contributed by atoms with Crippen molar-refractivity contribution in [2.75, 3.05) is 19.6 Å². The minimum absolute atomic E-state index is 0.0147. The summed E-state index contributed by atoms with van der Waals surface area (Å²) in [5.74, 6) is 0.129. The van der Waals surface area contributed by atoms with Crippen molar-refractivity contribution in [3.8, 4) is 0 Å². The summed E-state index contributed by atoms with van der Waals surface area (Å²) in [4.78, 5) is 25.4. The highest BCUT2D eigenvalue weighted by molar-refractivity contribution is 6.30. The second kappa shape index (κ2) is 8.03. The minimum Gasteiger partial charge on any atom is -0.356 e. The molecular weight excluding hydrogens is 288 g/mol. The van der Waals surface area contributed by atoms with Crippen LogP contribution in [-0.2, 0) is 16.0 Å². The van der Waals surface area contributed by atoms with Crippen LogP contribution < -0.4 is 5.32 Å². The summed E-state index contributed by atoms with van der Waals surface area (Å²) in [6, 6.07) is 7.49. The summed E-state index contributed by atoms with van der Waals surface area (Å²) < 4.78 is 0. The fourth-order valence-corrected chi connectivity index (χ4v) is 2.56. The lowest BCUT2D eigenvalue weighted by molar-refractivity contribution is -0.130. The zero-order valence-corrected chi connectivity index (χ0v) is 12.9. The molecule has 1 heterocycles. The van der Waals surface area contributed by atoms with E-state index in [0.29, 0.717) is 30.8 Å². The molecular formula is C16H21ClN2O2. The lowest BCUT2D eigenvalue weighted by atomic mass is 10.1. The number of hydrogen-bond acceptors (Lipinski definition) is 2. The van der Waals surface area contributed by atoms with E-state index in [1.54, 1.807) is 0 Å². The molecule has 0 radical (unpaired) electrons. The Labute approximate surface area is 130 Å².